The first-order chi connectivity index (χ1) is 11.9. The van der Waals surface area contributed by atoms with E-state index in [1.165, 1.54) is 6.07 Å². The molecule has 0 amide bonds. The Bertz CT molecular complexity index is 991. The molecule has 0 radical (unpaired) electrons. The summed E-state index contributed by atoms with van der Waals surface area (Å²) < 4.78 is 48.8. The molecule has 25 heavy (non-hydrogen) atoms. The SMILES string of the molecule is O=c1[nH]c(-c2cccc(C3Cc4cc(C(F)(F)F)ccc4O3)c2)no1. The number of alkyl halides is 3. The van der Waals surface area contributed by atoms with Gasteiger partial charge in [-0.25, -0.2) is 4.79 Å². The smallest absolute Gasteiger partial charge is 0.439 e. The standard InChI is InChI=1S/C17H11F3N2O3/c18-17(19,20)12-4-5-13-11(7-12)8-14(24-13)9-2-1-3-10(6-9)15-21-16(23)25-22-15/h1-7,14H,8H2,(H,21,22,23). The van der Waals surface area contributed by atoms with Gasteiger partial charge in [0, 0.05) is 12.0 Å². The van der Waals surface area contributed by atoms with Gasteiger partial charge in [0.2, 0.25) is 0 Å². The third-order valence-electron chi connectivity index (χ3n) is 4.03. The molecule has 1 unspecified atom stereocenters. The molecule has 1 N–H and O–H groups in total. The number of ether oxygens (including phenoxy) is 1. The Hall–Kier alpha value is -3.03. The molecule has 3 aromatic rings. The van der Waals surface area contributed by atoms with E-state index < -0.39 is 23.6 Å². The highest BCUT2D eigenvalue weighted by Gasteiger charge is 2.33. The fourth-order valence-corrected chi connectivity index (χ4v) is 2.85. The van der Waals surface area contributed by atoms with Crippen molar-refractivity contribution in [3.8, 4) is 17.1 Å². The minimum Gasteiger partial charge on any atom is -0.485 e. The zero-order valence-electron chi connectivity index (χ0n) is 12.6. The van der Waals surface area contributed by atoms with E-state index in [1.807, 2.05) is 6.07 Å². The maximum Gasteiger partial charge on any atom is 0.439 e. The van der Waals surface area contributed by atoms with Gasteiger partial charge in [0.1, 0.15) is 11.9 Å². The predicted octanol–water partition coefficient (Wildman–Crippen LogP) is 3.72. The highest BCUT2D eigenvalue weighted by molar-refractivity contribution is 5.56. The Morgan fingerprint density at radius 3 is 2.72 bits per heavy atom. The molecule has 2 aromatic carbocycles. The molecule has 1 aliphatic heterocycles. The largest absolute Gasteiger partial charge is 0.485 e. The minimum atomic E-state index is -4.38. The van der Waals surface area contributed by atoms with Crippen LogP contribution in [0.3, 0.4) is 0 Å². The summed E-state index contributed by atoms with van der Waals surface area (Å²) in [6.45, 7) is 0. The molecule has 0 spiro atoms. The van der Waals surface area contributed by atoms with Gasteiger partial charge in [0.15, 0.2) is 5.82 Å². The third-order valence-corrected chi connectivity index (χ3v) is 4.03. The van der Waals surface area contributed by atoms with E-state index in [4.69, 9.17) is 4.74 Å². The predicted molar refractivity (Wildman–Crippen MR) is 81.1 cm³/mol. The molecular formula is C17H11F3N2O3. The first-order valence-corrected chi connectivity index (χ1v) is 7.43. The number of benzene rings is 2. The maximum atomic E-state index is 12.8. The van der Waals surface area contributed by atoms with E-state index in [1.54, 1.807) is 18.2 Å². The number of hydrogen-bond acceptors (Lipinski definition) is 4. The van der Waals surface area contributed by atoms with E-state index in [0.29, 0.717) is 23.3 Å². The van der Waals surface area contributed by atoms with Gasteiger partial charge in [-0.05, 0) is 35.4 Å². The van der Waals surface area contributed by atoms with Crippen LogP contribution in [0.4, 0.5) is 13.2 Å². The van der Waals surface area contributed by atoms with Gasteiger partial charge in [-0.15, -0.1) is 0 Å². The summed E-state index contributed by atoms with van der Waals surface area (Å²) in [7, 11) is 0. The molecule has 1 aliphatic rings. The van der Waals surface area contributed by atoms with Crippen molar-refractivity contribution in [2.45, 2.75) is 18.7 Å². The molecule has 0 fully saturated rings. The molecular weight excluding hydrogens is 337 g/mol. The van der Waals surface area contributed by atoms with Crippen LogP contribution in [0.2, 0.25) is 0 Å². The van der Waals surface area contributed by atoms with Crippen molar-refractivity contribution in [3.63, 3.8) is 0 Å². The van der Waals surface area contributed by atoms with E-state index in [2.05, 4.69) is 14.7 Å². The molecule has 0 saturated carbocycles. The van der Waals surface area contributed by atoms with Gasteiger partial charge in [-0.3, -0.25) is 9.51 Å². The van der Waals surface area contributed by atoms with Crippen LogP contribution < -0.4 is 10.5 Å². The van der Waals surface area contributed by atoms with E-state index in [-0.39, 0.29) is 5.82 Å². The number of nitrogens with one attached hydrogen (secondary N) is 1. The normalized spacial score (nSPS) is 16.5. The molecule has 8 heteroatoms. The quantitative estimate of drug-likeness (QED) is 0.766. The van der Waals surface area contributed by atoms with Crippen LogP contribution in [0, 0.1) is 0 Å². The third kappa shape index (κ3) is 2.90. The van der Waals surface area contributed by atoms with Crippen molar-refractivity contribution in [2.24, 2.45) is 0 Å². The highest BCUT2D eigenvalue weighted by atomic mass is 19.4. The average molecular weight is 348 g/mol. The Morgan fingerprint density at radius 2 is 2.00 bits per heavy atom. The van der Waals surface area contributed by atoms with Gasteiger partial charge in [0.25, 0.3) is 0 Å². The Kier molecular flexibility index (Phi) is 3.41. The Labute approximate surface area is 139 Å². The van der Waals surface area contributed by atoms with Crippen LogP contribution in [0.1, 0.15) is 22.8 Å². The van der Waals surface area contributed by atoms with Gasteiger partial charge in [-0.2, -0.15) is 13.2 Å². The summed E-state index contributed by atoms with van der Waals surface area (Å²) in [5.74, 6) is 0.0598. The fraction of sp³-hybridized carbons (Fsp3) is 0.176. The topological polar surface area (TPSA) is 68.1 Å². The van der Waals surface area contributed by atoms with Crippen molar-refractivity contribution < 1.29 is 22.4 Å². The average Bonchev–Trinajstić information content (AvgIpc) is 3.19. The second-order valence-electron chi connectivity index (χ2n) is 5.70. The second-order valence-corrected chi connectivity index (χ2v) is 5.70. The fourth-order valence-electron chi connectivity index (χ4n) is 2.85. The number of nitrogens with zero attached hydrogens (tertiary/aromatic N) is 1. The summed E-state index contributed by atoms with van der Waals surface area (Å²) in [4.78, 5) is 13.5. The first kappa shape index (κ1) is 15.5. The number of hydrogen-bond donors (Lipinski definition) is 1. The zero-order chi connectivity index (χ0) is 17.6. The van der Waals surface area contributed by atoms with Gasteiger partial charge >= 0.3 is 11.9 Å². The molecule has 0 bridgehead atoms. The number of halogens is 3. The zero-order valence-corrected chi connectivity index (χ0v) is 12.6. The van der Waals surface area contributed by atoms with Crippen LogP contribution in [0.5, 0.6) is 5.75 Å². The monoisotopic (exact) mass is 348 g/mol. The lowest BCUT2D eigenvalue weighted by Crippen LogP contribution is -2.04. The summed E-state index contributed by atoms with van der Waals surface area (Å²) in [5, 5.41) is 3.62. The Morgan fingerprint density at radius 1 is 1.16 bits per heavy atom. The Balaban J connectivity index is 1.63. The molecule has 1 atom stereocenters. The van der Waals surface area contributed by atoms with Crippen LogP contribution >= 0.6 is 0 Å². The number of H-pyrrole nitrogens is 1. The molecule has 4 rings (SSSR count). The van der Waals surface area contributed by atoms with E-state index in [0.717, 1.165) is 17.7 Å². The molecule has 0 saturated heterocycles. The summed E-state index contributed by atoms with van der Waals surface area (Å²) in [6, 6.07) is 10.5. The molecule has 5 nitrogen and oxygen atoms in total. The van der Waals surface area contributed by atoms with Crippen molar-refractivity contribution in [3.05, 3.63) is 69.7 Å². The van der Waals surface area contributed by atoms with Crippen LogP contribution in [-0.4, -0.2) is 10.1 Å². The lowest BCUT2D eigenvalue weighted by Gasteiger charge is -2.11. The molecule has 0 aliphatic carbocycles. The van der Waals surface area contributed by atoms with Crippen LogP contribution in [0.15, 0.2) is 51.8 Å². The maximum absolute atomic E-state index is 12.8. The number of rotatable bonds is 2. The summed E-state index contributed by atoms with van der Waals surface area (Å²) >= 11 is 0. The number of fused-ring (bicyclic) bond motifs is 1. The van der Waals surface area contributed by atoms with Crippen LogP contribution in [0.25, 0.3) is 11.4 Å². The van der Waals surface area contributed by atoms with Crippen molar-refractivity contribution in [2.75, 3.05) is 0 Å². The lowest BCUT2D eigenvalue weighted by molar-refractivity contribution is -0.137. The number of aromatic amines is 1. The summed E-state index contributed by atoms with van der Waals surface area (Å²) in [5.41, 5.74) is 1.22. The van der Waals surface area contributed by atoms with E-state index >= 15 is 0 Å². The van der Waals surface area contributed by atoms with E-state index in [9.17, 15) is 18.0 Å². The number of aromatic nitrogens is 2. The van der Waals surface area contributed by atoms with Crippen molar-refractivity contribution in [1.82, 2.24) is 10.1 Å². The van der Waals surface area contributed by atoms with Gasteiger partial charge in [-0.1, -0.05) is 23.4 Å². The van der Waals surface area contributed by atoms with Crippen LogP contribution in [-0.2, 0) is 12.6 Å². The molecule has 128 valence electrons. The first-order valence-electron chi connectivity index (χ1n) is 7.43. The van der Waals surface area contributed by atoms with Gasteiger partial charge in [0.05, 0.1) is 5.56 Å². The minimum absolute atomic E-state index is 0.279. The van der Waals surface area contributed by atoms with Crippen molar-refractivity contribution >= 4 is 0 Å². The molecule has 2 heterocycles. The van der Waals surface area contributed by atoms with Gasteiger partial charge < -0.3 is 4.74 Å². The second kappa shape index (κ2) is 5.51. The summed E-state index contributed by atoms with van der Waals surface area (Å²) in [6.07, 6.45) is -4.46. The molecule has 1 aromatic heterocycles. The lowest BCUT2D eigenvalue weighted by atomic mass is 10.0. The highest BCUT2D eigenvalue weighted by Crippen LogP contribution is 2.40. The van der Waals surface area contributed by atoms with Crippen molar-refractivity contribution in [1.29, 1.82) is 0 Å².